The number of carbonyl (C=O) groups excluding carboxylic acids is 1. The molecule has 5 rings (SSSR count). The highest BCUT2D eigenvalue weighted by Crippen LogP contribution is 2.50. The van der Waals surface area contributed by atoms with Crippen LogP contribution in [0.25, 0.3) is 0 Å². The molecule has 1 aliphatic rings. The van der Waals surface area contributed by atoms with E-state index < -0.39 is 12.0 Å². The molecule has 0 aromatic heterocycles. The highest BCUT2D eigenvalue weighted by atomic mass is 16.5. The van der Waals surface area contributed by atoms with Gasteiger partial charge in [-0.15, -0.1) is 0 Å². The first-order valence-corrected chi connectivity index (χ1v) is 10.8. The molecular formula is C29H24O3. The molecule has 3 nitrogen and oxygen atoms in total. The van der Waals surface area contributed by atoms with E-state index in [4.69, 9.17) is 9.47 Å². The van der Waals surface area contributed by atoms with Crippen LogP contribution < -0.4 is 9.47 Å². The molecule has 158 valence electrons. The summed E-state index contributed by atoms with van der Waals surface area (Å²) in [6, 6.07) is 35.6. The average Bonchev–Trinajstić information content (AvgIpc) is 2.88. The minimum Gasteiger partial charge on any atom is -0.497 e. The summed E-state index contributed by atoms with van der Waals surface area (Å²) < 4.78 is 11.9. The van der Waals surface area contributed by atoms with Crippen LogP contribution in [0.15, 0.2) is 109 Å². The van der Waals surface area contributed by atoms with E-state index in [0.717, 1.165) is 28.2 Å². The number of hydrogen-bond acceptors (Lipinski definition) is 3. The summed E-state index contributed by atoms with van der Waals surface area (Å²) >= 11 is 0. The largest absolute Gasteiger partial charge is 0.497 e. The minimum absolute atomic E-state index is 0.0785. The molecule has 3 atom stereocenters. The minimum atomic E-state index is -0.422. The second kappa shape index (κ2) is 8.72. The SMILES string of the molecule is COc1ccc(C2Oc3ccccc3C(c3ccccc3)C2C(=O)c2ccccc2)cc1. The van der Waals surface area contributed by atoms with Gasteiger partial charge in [0.25, 0.3) is 0 Å². The van der Waals surface area contributed by atoms with E-state index in [-0.39, 0.29) is 11.7 Å². The van der Waals surface area contributed by atoms with E-state index in [2.05, 4.69) is 18.2 Å². The van der Waals surface area contributed by atoms with Gasteiger partial charge in [-0.05, 0) is 29.3 Å². The van der Waals surface area contributed by atoms with E-state index >= 15 is 0 Å². The lowest BCUT2D eigenvalue weighted by Gasteiger charge is -2.39. The van der Waals surface area contributed by atoms with Crippen molar-refractivity contribution in [2.75, 3.05) is 7.11 Å². The zero-order valence-corrected chi connectivity index (χ0v) is 17.8. The van der Waals surface area contributed by atoms with Crippen molar-refractivity contribution in [2.45, 2.75) is 12.0 Å². The summed E-state index contributed by atoms with van der Waals surface area (Å²) in [5.41, 5.74) is 3.80. The number of ketones is 1. The first-order chi connectivity index (χ1) is 15.8. The van der Waals surface area contributed by atoms with Crippen molar-refractivity contribution in [3.63, 3.8) is 0 Å². The van der Waals surface area contributed by atoms with Crippen molar-refractivity contribution in [1.82, 2.24) is 0 Å². The second-order valence-corrected chi connectivity index (χ2v) is 7.99. The normalized spacial score (nSPS) is 19.5. The number of methoxy groups -OCH3 is 1. The Balaban J connectivity index is 1.70. The second-order valence-electron chi connectivity index (χ2n) is 7.99. The Bertz CT molecular complexity index is 1200. The number of benzene rings is 4. The Morgan fingerprint density at radius 3 is 2.03 bits per heavy atom. The van der Waals surface area contributed by atoms with Gasteiger partial charge in [0, 0.05) is 17.0 Å². The number of rotatable bonds is 5. The van der Waals surface area contributed by atoms with E-state index in [0.29, 0.717) is 5.56 Å². The molecule has 0 fully saturated rings. The fraction of sp³-hybridized carbons (Fsp3) is 0.138. The molecule has 3 unspecified atom stereocenters. The van der Waals surface area contributed by atoms with Crippen molar-refractivity contribution in [3.8, 4) is 11.5 Å². The maximum atomic E-state index is 14.0. The lowest BCUT2D eigenvalue weighted by atomic mass is 9.71. The summed E-state index contributed by atoms with van der Waals surface area (Å²) in [6.07, 6.45) is -0.422. The van der Waals surface area contributed by atoms with Gasteiger partial charge in [0.15, 0.2) is 5.78 Å². The lowest BCUT2D eigenvalue weighted by Crippen LogP contribution is -2.36. The average molecular weight is 421 g/mol. The van der Waals surface area contributed by atoms with Gasteiger partial charge in [0.1, 0.15) is 17.6 Å². The summed E-state index contributed by atoms with van der Waals surface area (Å²) in [6.45, 7) is 0. The van der Waals surface area contributed by atoms with Crippen LogP contribution >= 0.6 is 0 Å². The number of carbonyl (C=O) groups is 1. The van der Waals surface area contributed by atoms with Gasteiger partial charge in [-0.2, -0.15) is 0 Å². The first kappa shape index (κ1) is 20.1. The molecule has 0 spiro atoms. The van der Waals surface area contributed by atoms with Crippen molar-refractivity contribution in [3.05, 3.63) is 131 Å². The van der Waals surface area contributed by atoms with Gasteiger partial charge in [0.05, 0.1) is 13.0 Å². The summed E-state index contributed by atoms with van der Waals surface area (Å²) in [5, 5.41) is 0. The Labute approximate surface area is 188 Å². The van der Waals surface area contributed by atoms with E-state index in [1.165, 1.54) is 0 Å². The topological polar surface area (TPSA) is 35.5 Å². The summed E-state index contributed by atoms with van der Waals surface area (Å²) in [4.78, 5) is 14.0. The number of Topliss-reactive ketones (excluding diaryl/α,β-unsaturated/α-hetero) is 1. The zero-order chi connectivity index (χ0) is 21.9. The molecule has 0 aliphatic carbocycles. The Kier molecular flexibility index (Phi) is 5.47. The smallest absolute Gasteiger partial charge is 0.170 e. The van der Waals surface area contributed by atoms with E-state index in [1.807, 2.05) is 91.0 Å². The molecule has 32 heavy (non-hydrogen) atoms. The van der Waals surface area contributed by atoms with Crippen molar-refractivity contribution >= 4 is 5.78 Å². The number of hydrogen-bond donors (Lipinski definition) is 0. The third-order valence-electron chi connectivity index (χ3n) is 6.16. The number of para-hydroxylation sites is 1. The highest BCUT2D eigenvalue weighted by Gasteiger charge is 2.44. The molecule has 1 heterocycles. The molecule has 0 radical (unpaired) electrons. The van der Waals surface area contributed by atoms with Gasteiger partial charge in [-0.25, -0.2) is 0 Å². The monoisotopic (exact) mass is 420 g/mol. The van der Waals surface area contributed by atoms with Crippen LogP contribution in [0.1, 0.15) is 39.1 Å². The fourth-order valence-electron chi connectivity index (χ4n) is 4.62. The Morgan fingerprint density at radius 2 is 1.34 bits per heavy atom. The van der Waals surface area contributed by atoms with Crippen molar-refractivity contribution in [2.24, 2.45) is 5.92 Å². The van der Waals surface area contributed by atoms with Gasteiger partial charge < -0.3 is 9.47 Å². The van der Waals surface area contributed by atoms with Crippen LogP contribution in [-0.4, -0.2) is 12.9 Å². The van der Waals surface area contributed by atoms with E-state index in [9.17, 15) is 4.79 Å². The molecule has 4 aromatic rings. The third kappa shape index (κ3) is 3.67. The molecule has 0 N–H and O–H groups in total. The Morgan fingerprint density at radius 1 is 0.719 bits per heavy atom. The van der Waals surface area contributed by atoms with Crippen molar-refractivity contribution in [1.29, 1.82) is 0 Å². The van der Waals surface area contributed by atoms with Crippen LogP contribution in [-0.2, 0) is 0 Å². The van der Waals surface area contributed by atoms with E-state index in [1.54, 1.807) is 7.11 Å². The van der Waals surface area contributed by atoms with Crippen LogP contribution in [0.4, 0.5) is 0 Å². The standard InChI is InChI=1S/C29H24O3/c1-31-23-18-16-22(17-19-23)29-27(28(30)21-12-6-3-7-13-21)26(20-10-4-2-5-11-20)24-14-8-9-15-25(24)32-29/h2-19,26-27,29H,1H3. The van der Waals surface area contributed by atoms with Gasteiger partial charge in [0.2, 0.25) is 0 Å². The van der Waals surface area contributed by atoms with Crippen LogP contribution in [0, 0.1) is 5.92 Å². The molecule has 3 heteroatoms. The van der Waals surface area contributed by atoms with Crippen LogP contribution in [0.2, 0.25) is 0 Å². The predicted octanol–water partition coefficient (Wildman–Crippen LogP) is 6.46. The molecule has 4 aromatic carbocycles. The quantitative estimate of drug-likeness (QED) is 0.348. The van der Waals surface area contributed by atoms with Crippen LogP contribution in [0.5, 0.6) is 11.5 Å². The zero-order valence-electron chi connectivity index (χ0n) is 17.8. The van der Waals surface area contributed by atoms with Crippen molar-refractivity contribution < 1.29 is 14.3 Å². The number of ether oxygens (including phenoxy) is 2. The van der Waals surface area contributed by atoms with Gasteiger partial charge in [-0.1, -0.05) is 91.0 Å². The predicted molar refractivity (Wildman–Crippen MR) is 125 cm³/mol. The van der Waals surface area contributed by atoms with Crippen LogP contribution in [0.3, 0.4) is 0 Å². The molecule has 0 bridgehead atoms. The maximum Gasteiger partial charge on any atom is 0.170 e. The molecule has 0 saturated carbocycles. The first-order valence-electron chi connectivity index (χ1n) is 10.8. The third-order valence-corrected chi connectivity index (χ3v) is 6.16. The van der Waals surface area contributed by atoms with Gasteiger partial charge >= 0.3 is 0 Å². The molecule has 0 saturated heterocycles. The fourth-order valence-corrected chi connectivity index (χ4v) is 4.62. The number of fused-ring (bicyclic) bond motifs is 1. The lowest BCUT2D eigenvalue weighted by molar-refractivity contribution is 0.0640. The summed E-state index contributed by atoms with van der Waals surface area (Å²) in [5.74, 6) is 1.13. The molecule has 1 aliphatic heterocycles. The summed E-state index contributed by atoms with van der Waals surface area (Å²) in [7, 11) is 1.65. The van der Waals surface area contributed by atoms with Gasteiger partial charge in [-0.3, -0.25) is 4.79 Å². The molecule has 0 amide bonds. The Hall–Kier alpha value is -3.85. The highest BCUT2D eigenvalue weighted by molar-refractivity contribution is 5.99. The maximum absolute atomic E-state index is 14.0. The molecular weight excluding hydrogens is 396 g/mol.